The molecule has 0 spiro atoms. The Morgan fingerprint density at radius 2 is 2.24 bits per heavy atom. The smallest absolute Gasteiger partial charge is 0.326 e. The lowest BCUT2D eigenvalue weighted by atomic mass is 10.0. The van der Waals surface area contributed by atoms with E-state index in [4.69, 9.17) is 4.74 Å². The molecule has 0 bridgehead atoms. The SMILES string of the molecule is COc1cccc(SCC(=O)N2CCCC[C@@H]2C(=O)O)c1. The molecular weight excluding hydrogens is 290 g/mol. The molecule has 1 N–H and O–H groups in total. The number of piperidine rings is 1. The van der Waals surface area contributed by atoms with Gasteiger partial charge in [0.1, 0.15) is 11.8 Å². The molecule has 1 aromatic rings. The fourth-order valence-corrected chi connectivity index (χ4v) is 3.24. The highest BCUT2D eigenvalue weighted by Gasteiger charge is 2.31. The van der Waals surface area contributed by atoms with Gasteiger partial charge in [-0.05, 0) is 37.5 Å². The van der Waals surface area contributed by atoms with Gasteiger partial charge in [0.25, 0.3) is 0 Å². The Morgan fingerprint density at radius 3 is 2.95 bits per heavy atom. The second-order valence-electron chi connectivity index (χ2n) is 4.90. The van der Waals surface area contributed by atoms with Crippen LogP contribution in [0.4, 0.5) is 0 Å². The summed E-state index contributed by atoms with van der Waals surface area (Å²) in [6.45, 7) is 0.536. The number of hydrogen-bond donors (Lipinski definition) is 1. The molecule has 0 saturated carbocycles. The number of methoxy groups -OCH3 is 1. The van der Waals surface area contributed by atoms with E-state index >= 15 is 0 Å². The quantitative estimate of drug-likeness (QED) is 0.845. The van der Waals surface area contributed by atoms with Crippen LogP contribution in [0, 0.1) is 0 Å². The fraction of sp³-hybridized carbons (Fsp3) is 0.467. The molecule has 1 aliphatic heterocycles. The van der Waals surface area contributed by atoms with Crippen LogP contribution in [0.2, 0.25) is 0 Å². The number of benzene rings is 1. The molecule has 1 aliphatic rings. The Morgan fingerprint density at radius 1 is 1.43 bits per heavy atom. The van der Waals surface area contributed by atoms with E-state index in [1.54, 1.807) is 7.11 Å². The van der Waals surface area contributed by atoms with Gasteiger partial charge in [0, 0.05) is 11.4 Å². The minimum atomic E-state index is -0.908. The third-order valence-corrected chi connectivity index (χ3v) is 4.49. The highest BCUT2D eigenvalue weighted by atomic mass is 32.2. The Hall–Kier alpha value is -1.69. The Labute approximate surface area is 128 Å². The summed E-state index contributed by atoms with van der Waals surface area (Å²) in [5, 5.41) is 9.19. The van der Waals surface area contributed by atoms with E-state index < -0.39 is 12.0 Å². The molecule has 5 nitrogen and oxygen atoms in total. The number of aliphatic carboxylic acids is 1. The third-order valence-electron chi connectivity index (χ3n) is 3.51. The molecule has 1 heterocycles. The second kappa shape index (κ2) is 7.36. The highest BCUT2D eigenvalue weighted by molar-refractivity contribution is 8.00. The van der Waals surface area contributed by atoms with Crippen LogP contribution in [0.25, 0.3) is 0 Å². The first-order valence-corrected chi connectivity index (χ1v) is 7.89. The molecule has 2 rings (SSSR count). The number of thioether (sulfide) groups is 1. The number of ether oxygens (including phenoxy) is 1. The number of nitrogens with zero attached hydrogens (tertiary/aromatic N) is 1. The van der Waals surface area contributed by atoms with E-state index in [1.165, 1.54) is 16.7 Å². The lowest BCUT2D eigenvalue weighted by Crippen LogP contribution is -2.48. The van der Waals surface area contributed by atoms with E-state index in [9.17, 15) is 14.7 Å². The minimum absolute atomic E-state index is 0.116. The van der Waals surface area contributed by atoms with Gasteiger partial charge in [-0.1, -0.05) is 6.07 Å². The number of amides is 1. The standard InChI is InChI=1S/C15H19NO4S/c1-20-11-5-4-6-12(9-11)21-10-14(17)16-8-3-2-7-13(16)15(18)19/h4-6,9,13H,2-3,7-8,10H2,1H3,(H,18,19)/t13-/m1/s1. The van der Waals surface area contributed by atoms with Gasteiger partial charge in [-0.15, -0.1) is 11.8 Å². The topological polar surface area (TPSA) is 66.8 Å². The van der Waals surface area contributed by atoms with Crippen molar-refractivity contribution < 1.29 is 19.4 Å². The summed E-state index contributed by atoms with van der Waals surface area (Å²) in [6, 6.07) is 6.81. The molecule has 0 unspecified atom stereocenters. The van der Waals surface area contributed by atoms with E-state index in [-0.39, 0.29) is 11.7 Å². The summed E-state index contributed by atoms with van der Waals surface area (Å²) in [5.41, 5.74) is 0. The Bertz CT molecular complexity index is 520. The maximum Gasteiger partial charge on any atom is 0.326 e. The van der Waals surface area contributed by atoms with Crippen molar-refractivity contribution in [3.63, 3.8) is 0 Å². The maximum atomic E-state index is 12.3. The number of carbonyl (C=O) groups excluding carboxylic acids is 1. The molecule has 1 atom stereocenters. The minimum Gasteiger partial charge on any atom is -0.497 e. The zero-order chi connectivity index (χ0) is 15.2. The molecule has 114 valence electrons. The van der Waals surface area contributed by atoms with Crippen molar-refractivity contribution in [2.24, 2.45) is 0 Å². The van der Waals surface area contributed by atoms with Gasteiger partial charge in [0.2, 0.25) is 5.91 Å². The summed E-state index contributed by atoms with van der Waals surface area (Å²) in [7, 11) is 1.60. The predicted molar refractivity (Wildman–Crippen MR) is 80.7 cm³/mol. The van der Waals surface area contributed by atoms with Gasteiger partial charge < -0.3 is 14.7 Å². The number of rotatable bonds is 5. The van der Waals surface area contributed by atoms with Gasteiger partial charge in [0.05, 0.1) is 12.9 Å². The normalized spacial score (nSPS) is 18.3. The number of carboxylic acids is 1. The van der Waals surface area contributed by atoms with Crippen molar-refractivity contribution in [3.05, 3.63) is 24.3 Å². The average molecular weight is 309 g/mol. The van der Waals surface area contributed by atoms with Crippen molar-refractivity contribution >= 4 is 23.6 Å². The van der Waals surface area contributed by atoms with Crippen LogP contribution < -0.4 is 4.74 Å². The molecule has 1 amide bonds. The number of likely N-dealkylation sites (tertiary alicyclic amines) is 1. The van der Waals surface area contributed by atoms with Crippen LogP contribution in [0.5, 0.6) is 5.75 Å². The average Bonchev–Trinajstić information content (AvgIpc) is 2.52. The van der Waals surface area contributed by atoms with E-state index in [0.717, 1.165) is 23.5 Å². The van der Waals surface area contributed by atoms with Crippen molar-refractivity contribution in [2.75, 3.05) is 19.4 Å². The van der Waals surface area contributed by atoms with Crippen molar-refractivity contribution in [1.82, 2.24) is 4.90 Å². The summed E-state index contributed by atoms with van der Waals surface area (Å²) in [5.74, 6) is -0.0325. The highest BCUT2D eigenvalue weighted by Crippen LogP contribution is 2.24. The van der Waals surface area contributed by atoms with Gasteiger partial charge in [0.15, 0.2) is 0 Å². The van der Waals surface area contributed by atoms with Gasteiger partial charge in [-0.2, -0.15) is 0 Å². The Balaban J connectivity index is 1.95. The number of carbonyl (C=O) groups is 2. The molecular formula is C15H19NO4S. The van der Waals surface area contributed by atoms with Crippen molar-refractivity contribution in [2.45, 2.75) is 30.2 Å². The lowest BCUT2D eigenvalue weighted by molar-refractivity contribution is -0.150. The first-order chi connectivity index (χ1) is 10.1. The summed E-state index contributed by atoms with van der Waals surface area (Å²) in [6.07, 6.45) is 2.29. The Kier molecular flexibility index (Phi) is 5.50. The van der Waals surface area contributed by atoms with Crippen LogP contribution in [0.15, 0.2) is 29.2 Å². The molecule has 6 heteroatoms. The number of carboxylic acid groups (broad SMARTS) is 1. The number of hydrogen-bond acceptors (Lipinski definition) is 4. The van der Waals surface area contributed by atoms with E-state index in [1.807, 2.05) is 24.3 Å². The monoisotopic (exact) mass is 309 g/mol. The predicted octanol–water partition coefficient (Wildman–Crippen LogP) is 2.25. The van der Waals surface area contributed by atoms with E-state index in [2.05, 4.69) is 0 Å². The van der Waals surface area contributed by atoms with Crippen LogP contribution in [0.1, 0.15) is 19.3 Å². The van der Waals surface area contributed by atoms with Crippen molar-refractivity contribution in [3.8, 4) is 5.75 Å². The molecule has 1 fully saturated rings. The molecule has 1 aromatic carbocycles. The third kappa shape index (κ3) is 4.14. The maximum absolute atomic E-state index is 12.3. The molecule has 1 saturated heterocycles. The second-order valence-corrected chi connectivity index (χ2v) is 5.95. The summed E-state index contributed by atoms with van der Waals surface area (Å²) >= 11 is 1.40. The summed E-state index contributed by atoms with van der Waals surface area (Å²) in [4.78, 5) is 25.9. The zero-order valence-electron chi connectivity index (χ0n) is 11.9. The first-order valence-electron chi connectivity index (χ1n) is 6.91. The first kappa shape index (κ1) is 15.7. The van der Waals surface area contributed by atoms with E-state index in [0.29, 0.717) is 13.0 Å². The molecule has 0 aliphatic carbocycles. The van der Waals surface area contributed by atoms with Crippen LogP contribution in [-0.4, -0.2) is 47.3 Å². The summed E-state index contributed by atoms with van der Waals surface area (Å²) < 4.78 is 5.14. The zero-order valence-corrected chi connectivity index (χ0v) is 12.8. The van der Waals surface area contributed by atoms with Gasteiger partial charge in [-0.3, -0.25) is 4.79 Å². The van der Waals surface area contributed by atoms with Gasteiger partial charge in [-0.25, -0.2) is 4.79 Å². The van der Waals surface area contributed by atoms with Crippen LogP contribution in [-0.2, 0) is 9.59 Å². The van der Waals surface area contributed by atoms with Crippen LogP contribution in [0.3, 0.4) is 0 Å². The van der Waals surface area contributed by atoms with Crippen LogP contribution >= 0.6 is 11.8 Å². The van der Waals surface area contributed by atoms with Gasteiger partial charge >= 0.3 is 5.97 Å². The largest absolute Gasteiger partial charge is 0.497 e. The lowest BCUT2D eigenvalue weighted by Gasteiger charge is -2.32. The molecule has 0 aromatic heterocycles. The molecule has 0 radical (unpaired) electrons. The molecule has 21 heavy (non-hydrogen) atoms. The fourth-order valence-electron chi connectivity index (χ4n) is 2.41. The van der Waals surface area contributed by atoms with Crippen molar-refractivity contribution in [1.29, 1.82) is 0 Å².